The van der Waals surface area contributed by atoms with Crippen LogP contribution in [0.3, 0.4) is 0 Å². The van der Waals surface area contributed by atoms with Crippen LogP contribution in [0.15, 0.2) is 12.3 Å². The molecule has 0 aliphatic carbocycles. The highest BCUT2D eigenvalue weighted by atomic mass is 16.4. The average molecular weight is 197 g/mol. The van der Waals surface area contributed by atoms with Crippen LogP contribution < -0.4 is 0 Å². The van der Waals surface area contributed by atoms with Crippen molar-refractivity contribution in [2.24, 2.45) is 11.3 Å². The lowest BCUT2D eigenvalue weighted by Gasteiger charge is -2.26. The predicted octanol–water partition coefficient (Wildman–Crippen LogP) is 1.95. The summed E-state index contributed by atoms with van der Waals surface area (Å²) >= 11 is 0. The summed E-state index contributed by atoms with van der Waals surface area (Å²) in [5.41, 5.74) is 0.325. The molecule has 0 bridgehead atoms. The Morgan fingerprint density at radius 2 is 2.14 bits per heavy atom. The second kappa shape index (κ2) is 4.03. The summed E-state index contributed by atoms with van der Waals surface area (Å²) in [4.78, 5) is 12.4. The summed E-state index contributed by atoms with van der Waals surface area (Å²) in [7, 11) is 0. The highest BCUT2D eigenvalue weighted by molar-refractivity contribution is 5.79. The van der Waals surface area contributed by atoms with Crippen molar-refractivity contribution >= 4 is 5.97 Å². The summed E-state index contributed by atoms with van der Waals surface area (Å²) in [5, 5.41) is 8.49. The molecule has 0 spiro atoms. The average Bonchev–Trinajstić information content (AvgIpc) is 2.47. The molecule has 80 valence electrons. The number of likely N-dealkylation sites (tertiary alicyclic amines) is 1. The summed E-state index contributed by atoms with van der Waals surface area (Å²) in [6.45, 7) is 8.67. The van der Waals surface area contributed by atoms with Crippen LogP contribution >= 0.6 is 0 Å². The maximum Gasteiger partial charge on any atom is 0.329 e. The summed E-state index contributed by atoms with van der Waals surface area (Å²) in [6, 6.07) is 0. The standard InChI is InChI=1S/C11H19NO2/c1-11(2,3)9-4-6-12(8-9)7-5-10(13)14/h5,7,9H,4,6,8H2,1-3H3,(H,13,14)/b7-5+. The van der Waals surface area contributed by atoms with Gasteiger partial charge in [-0.1, -0.05) is 20.8 Å². The van der Waals surface area contributed by atoms with Gasteiger partial charge in [-0.15, -0.1) is 0 Å². The largest absolute Gasteiger partial charge is 0.478 e. The maximum atomic E-state index is 10.3. The molecule has 0 radical (unpaired) electrons. The van der Waals surface area contributed by atoms with Crippen molar-refractivity contribution in [1.82, 2.24) is 4.90 Å². The smallest absolute Gasteiger partial charge is 0.329 e. The van der Waals surface area contributed by atoms with E-state index in [1.54, 1.807) is 6.20 Å². The zero-order chi connectivity index (χ0) is 10.8. The molecule has 1 N–H and O–H groups in total. The van der Waals surface area contributed by atoms with Gasteiger partial charge in [-0.05, 0) is 17.8 Å². The van der Waals surface area contributed by atoms with Crippen LogP contribution in [0.5, 0.6) is 0 Å². The van der Waals surface area contributed by atoms with Gasteiger partial charge in [0.25, 0.3) is 0 Å². The Kier molecular flexibility index (Phi) is 3.19. The van der Waals surface area contributed by atoms with Crippen molar-refractivity contribution in [1.29, 1.82) is 0 Å². The van der Waals surface area contributed by atoms with Crippen molar-refractivity contribution in [3.8, 4) is 0 Å². The molecule has 1 atom stereocenters. The van der Waals surface area contributed by atoms with Crippen LogP contribution in [0, 0.1) is 11.3 Å². The zero-order valence-electron chi connectivity index (χ0n) is 9.16. The number of carboxylic acids is 1. The van der Waals surface area contributed by atoms with E-state index in [0.29, 0.717) is 11.3 Å². The molecule has 1 fully saturated rings. The summed E-state index contributed by atoms with van der Waals surface area (Å²) in [6.07, 6.45) is 4.06. The van der Waals surface area contributed by atoms with Crippen LogP contribution in [0.25, 0.3) is 0 Å². The first-order chi connectivity index (χ1) is 6.39. The number of hydrogen-bond donors (Lipinski definition) is 1. The lowest BCUT2D eigenvalue weighted by molar-refractivity contribution is -0.131. The molecule has 1 saturated heterocycles. The lowest BCUT2D eigenvalue weighted by atomic mass is 9.80. The number of nitrogens with zero attached hydrogens (tertiary/aromatic N) is 1. The highest BCUT2D eigenvalue weighted by Gasteiger charge is 2.30. The predicted molar refractivity (Wildman–Crippen MR) is 55.9 cm³/mol. The van der Waals surface area contributed by atoms with Gasteiger partial charge in [0.05, 0.1) is 0 Å². The minimum absolute atomic E-state index is 0.325. The molecule has 3 heteroatoms. The topological polar surface area (TPSA) is 40.5 Å². The number of rotatable bonds is 2. The third kappa shape index (κ3) is 3.05. The molecular formula is C11H19NO2. The zero-order valence-corrected chi connectivity index (χ0v) is 9.16. The number of carboxylic acid groups (broad SMARTS) is 1. The van der Waals surface area contributed by atoms with Gasteiger partial charge in [-0.3, -0.25) is 0 Å². The van der Waals surface area contributed by atoms with Crippen molar-refractivity contribution in [2.75, 3.05) is 13.1 Å². The molecule has 14 heavy (non-hydrogen) atoms. The number of hydrogen-bond acceptors (Lipinski definition) is 2. The van der Waals surface area contributed by atoms with E-state index in [-0.39, 0.29) is 0 Å². The monoisotopic (exact) mass is 197 g/mol. The first-order valence-corrected chi connectivity index (χ1v) is 5.05. The quantitative estimate of drug-likeness (QED) is 0.688. The molecule has 0 saturated carbocycles. The van der Waals surface area contributed by atoms with Crippen molar-refractivity contribution < 1.29 is 9.90 Å². The Bertz CT molecular complexity index is 240. The van der Waals surface area contributed by atoms with Crippen LogP contribution in [-0.4, -0.2) is 29.1 Å². The molecule has 0 aromatic heterocycles. The van der Waals surface area contributed by atoms with E-state index in [0.717, 1.165) is 19.5 Å². The molecule has 1 rings (SSSR count). The first kappa shape index (κ1) is 11.1. The van der Waals surface area contributed by atoms with Crippen LogP contribution in [0.2, 0.25) is 0 Å². The van der Waals surface area contributed by atoms with Crippen molar-refractivity contribution in [3.63, 3.8) is 0 Å². The molecule has 1 aliphatic heterocycles. The van der Waals surface area contributed by atoms with E-state index >= 15 is 0 Å². The van der Waals surface area contributed by atoms with Gasteiger partial charge in [0.15, 0.2) is 0 Å². The van der Waals surface area contributed by atoms with Gasteiger partial charge in [0.2, 0.25) is 0 Å². The third-order valence-corrected chi connectivity index (χ3v) is 2.87. The number of carbonyl (C=O) groups is 1. The molecule has 3 nitrogen and oxygen atoms in total. The minimum atomic E-state index is -0.871. The van der Waals surface area contributed by atoms with E-state index in [1.807, 2.05) is 0 Å². The Labute approximate surface area is 85.4 Å². The van der Waals surface area contributed by atoms with E-state index < -0.39 is 5.97 Å². The summed E-state index contributed by atoms with van der Waals surface area (Å²) in [5.74, 6) is -0.204. The fourth-order valence-corrected chi connectivity index (χ4v) is 1.80. The third-order valence-electron chi connectivity index (χ3n) is 2.87. The Morgan fingerprint density at radius 3 is 2.57 bits per heavy atom. The molecule has 0 aromatic carbocycles. The van der Waals surface area contributed by atoms with Gasteiger partial charge < -0.3 is 10.0 Å². The van der Waals surface area contributed by atoms with Crippen LogP contribution in [0.4, 0.5) is 0 Å². The molecular weight excluding hydrogens is 178 g/mol. The van der Waals surface area contributed by atoms with E-state index in [1.165, 1.54) is 6.08 Å². The molecule has 0 amide bonds. The van der Waals surface area contributed by atoms with Gasteiger partial charge in [0.1, 0.15) is 0 Å². The Balaban J connectivity index is 2.46. The van der Waals surface area contributed by atoms with E-state index in [2.05, 4.69) is 25.7 Å². The lowest BCUT2D eigenvalue weighted by Crippen LogP contribution is -2.23. The highest BCUT2D eigenvalue weighted by Crippen LogP contribution is 2.33. The van der Waals surface area contributed by atoms with Crippen molar-refractivity contribution in [2.45, 2.75) is 27.2 Å². The van der Waals surface area contributed by atoms with Gasteiger partial charge in [-0.2, -0.15) is 0 Å². The maximum absolute atomic E-state index is 10.3. The van der Waals surface area contributed by atoms with Crippen molar-refractivity contribution in [3.05, 3.63) is 12.3 Å². The Morgan fingerprint density at radius 1 is 1.50 bits per heavy atom. The second-order valence-corrected chi connectivity index (χ2v) is 5.00. The Hall–Kier alpha value is -0.990. The molecule has 1 unspecified atom stereocenters. The van der Waals surface area contributed by atoms with Crippen LogP contribution in [0.1, 0.15) is 27.2 Å². The summed E-state index contributed by atoms with van der Waals surface area (Å²) < 4.78 is 0. The van der Waals surface area contributed by atoms with Gasteiger partial charge in [-0.25, -0.2) is 4.79 Å². The molecule has 0 aromatic rings. The fraction of sp³-hybridized carbons (Fsp3) is 0.727. The number of aliphatic carboxylic acids is 1. The SMILES string of the molecule is CC(C)(C)C1CCN(/C=C/C(=O)O)C1. The van der Waals surface area contributed by atoms with E-state index in [9.17, 15) is 4.79 Å². The van der Waals surface area contributed by atoms with E-state index in [4.69, 9.17) is 5.11 Å². The van der Waals surface area contributed by atoms with Gasteiger partial charge >= 0.3 is 5.97 Å². The first-order valence-electron chi connectivity index (χ1n) is 5.05. The van der Waals surface area contributed by atoms with Gasteiger partial charge in [0, 0.05) is 25.4 Å². The fourth-order valence-electron chi connectivity index (χ4n) is 1.80. The molecule has 1 heterocycles. The minimum Gasteiger partial charge on any atom is -0.478 e. The molecule has 1 aliphatic rings. The van der Waals surface area contributed by atoms with Crippen LogP contribution in [-0.2, 0) is 4.79 Å². The second-order valence-electron chi connectivity index (χ2n) is 5.00. The normalized spacial score (nSPS) is 23.4.